The van der Waals surface area contributed by atoms with Gasteiger partial charge in [0.25, 0.3) is 0 Å². The third-order valence-corrected chi connectivity index (χ3v) is 5.16. The van der Waals surface area contributed by atoms with Gasteiger partial charge in [0, 0.05) is 5.02 Å². The quantitative estimate of drug-likeness (QED) is 0.260. The van der Waals surface area contributed by atoms with Crippen LogP contribution in [0.4, 0.5) is 0 Å². The van der Waals surface area contributed by atoms with E-state index in [2.05, 4.69) is 10.5 Å². The van der Waals surface area contributed by atoms with Crippen molar-refractivity contribution in [1.29, 1.82) is 0 Å². The highest BCUT2D eigenvalue weighted by molar-refractivity contribution is 6.32. The summed E-state index contributed by atoms with van der Waals surface area (Å²) >= 11 is 12.5. The Morgan fingerprint density at radius 1 is 0.879 bits per heavy atom. The molecule has 0 amide bonds. The molecule has 0 atom stereocenters. The second-order valence-electron chi connectivity index (χ2n) is 6.96. The summed E-state index contributed by atoms with van der Waals surface area (Å²) in [5.74, 6) is 2.38. The van der Waals surface area contributed by atoms with Gasteiger partial charge in [0.15, 0.2) is 23.0 Å². The van der Waals surface area contributed by atoms with Gasteiger partial charge in [-0.3, -0.25) is 0 Å². The summed E-state index contributed by atoms with van der Waals surface area (Å²) in [4.78, 5) is 0. The summed E-state index contributed by atoms with van der Waals surface area (Å²) in [6.07, 6.45) is 1.68. The van der Waals surface area contributed by atoms with Crippen LogP contribution in [-0.2, 0) is 13.2 Å². The van der Waals surface area contributed by atoms with Crippen LogP contribution in [-0.4, -0.2) is 27.0 Å². The average molecular weight is 489 g/mol. The molecular weight excluding hydrogens is 463 g/mol. The summed E-state index contributed by atoms with van der Waals surface area (Å²) in [6, 6.07) is 16.8. The van der Waals surface area contributed by atoms with E-state index in [1.807, 2.05) is 55.5 Å². The zero-order valence-corrected chi connectivity index (χ0v) is 20.2. The SMILES string of the molecule is CCOc1cc(/C=N/NCc2ccc(OC)c(OC)c2)cc(Cl)c1OCc1cccc(Cl)c1. The van der Waals surface area contributed by atoms with E-state index in [1.54, 1.807) is 26.5 Å². The number of benzene rings is 3. The Balaban J connectivity index is 1.67. The highest BCUT2D eigenvalue weighted by atomic mass is 35.5. The molecule has 1 N–H and O–H groups in total. The summed E-state index contributed by atoms with van der Waals surface area (Å²) in [5.41, 5.74) is 5.74. The molecule has 0 fully saturated rings. The van der Waals surface area contributed by atoms with Crippen molar-refractivity contribution in [3.05, 3.63) is 81.3 Å². The first-order valence-electron chi connectivity index (χ1n) is 10.3. The van der Waals surface area contributed by atoms with Gasteiger partial charge in [-0.25, -0.2) is 0 Å². The van der Waals surface area contributed by atoms with E-state index in [9.17, 15) is 0 Å². The molecule has 3 rings (SSSR count). The Kier molecular flexibility index (Phi) is 9.10. The zero-order chi connectivity index (χ0) is 23.6. The van der Waals surface area contributed by atoms with Crippen LogP contribution in [0.3, 0.4) is 0 Å². The van der Waals surface area contributed by atoms with Crippen LogP contribution < -0.4 is 24.4 Å². The molecule has 0 spiro atoms. The average Bonchev–Trinajstić information content (AvgIpc) is 2.81. The van der Waals surface area contributed by atoms with Gasteiger partial charge in [0.05, 0.1) is 38.6 Å². The van der Waals surface area contributed by atoms with Crippen molar-refractivity contribution in [3.63, 3.8) is 0 Å². The lowest BCUT2D eigenvalue weighted by atomic mass is 10.2. The van der Waals surface area contributed by atoms with Crippen LogP contribution in [0.1, 0.15) is 23.6 Å². The normalized spacial score (nSPS) is 10.8. The van der Waals surface area contributed by atoms with Crippen molar-refractivity contribution in [2.24, 2.45) is 5.10 Å². The van der Waals surface area contributed by atoms with Crippen LogP contribution in [0, 0.1) is 0 Å². The molecule has 174 valence electrons. The highest BCUT2D eigenvalue weighted by Gasteiger charge is 2.13. The number of ether oxygens (including phenoxy) is 4. The number of hydrazone groups is 1. The first-order valence-corrected chi connectivity index (χ1v) is 11.1. The number of hydrogen-bond acceptors (Lipinski definition) is 6. The molecule has 0 aliphatic carbocycles. The monoisotopic (exact) mass is 488 g/mol. The molecule has 0 radical (unpaired) electrons. The molecule has 0 saturated carbocycles. The summed E-state index contributed by atoms with van der Waals surface area (Å²) < 4.78 is 22.3. The Bertz CT molecular complexity index is 1110. The van der Waals surface area contributed by atoms with Crippen molar-refractivity contribution in [3.8, 4) is 23.0 Å². The van der Waals surface area contributed by atoms with Crippen molar-refractivity contribution >= 4 is 29.4 Å². The fourth-order valence-corrected chi connectivity index (χ4v) is 3.58. The number of methoxy groups -OCH3 is 2. The summed E-state index contributed by atoms with van der Waals surface area (Å²) in [7, 11) is 3.21. The van der Waals surface area contributed by atoms with Gasteiger partial charge in [-0.2, -0.15) is 5.10 Å². The molecule has 0 bridgehead atoms. The maximum atomic E-state index is 6.50. The Labute approximate surface area is 204 Å². The standard InChI is InChI=1S/C25H26Cl2N2O4/c1-4-32-24-13-19(11-21(27)25(24)33-16-18-6-5-7-20(26)10-18)15-29-28-14-17-8-9-22(30-2)23(12-17)31-3/h5-13,15,28H,4,14,16H2,1-3H3/b29-15+. The molecular formula is C25H26Cl2N2O4. The zero-order valence-electron chi connectivity index (χ0n) is 18.7. The van der Waals surface area contributed by atoms with Crippen molar-refractivity contribution in [1.82, 2.24) is 5.43 Å². The van der Waals surface area contributed by atoms with Crippen LogP contribution in [0.25, 0.3) is 0 Å². The lowest BCUT2D eigenvalue weighted by molar-refractivity contribution is 0.269. The Morgan fingerprint density at radius 3 is 2.42 bits per heavy atom. The number of halogens is 2. The van der Waals surface area contributed by atoms with E-state index in [1.165, 1.54) is 0 Å². The maximum absolute atomic E-state index is 6.50. The molecule has 0 aliphatic heterocycles. The van der Waals surface area contributed by atoms with E-state index >= 15 is 0 Å². The molecule has 6 nitrogen and oxygen atoms in total. The van der Waals surface area contributed by atoms with Crippen LogP contribution in [0.2, 0.25) is 10.0 Å². The Morgan fingerprint density at radius 2 is 1.70 bits per heavy atom. The molecule has 0 saturated heterocycles. The van der Waals surface area contributed by atoms with Gasteiger partial charge in [0.1, 0.15) is 6.61 Å². The molecule has 0 aliphatic rings. The predicted octanol–water partition coefficient (Wildman–Crippen LogP) is 6.11. The van der Waals surface area contributed by atoms with Gasteiger partial charge < -0.3 is 24.4 Å². The third kappa shape index (κ3) is 6.94. The number of rotatable bonds is 11. The number of nitrogens with one attached hydrogen (secondary N) is 1. The molecule has 3 aromatic carbocycles. The first-order chi connectivity index (χ1) is 16.0. The van der Waals surface area contributed by atoms with Gasteiger partial charge >= 0.3 is 0 Å². The van der Waals surface area contributed by atoms with E-state index in [-0.39, 0.29) is 0 Å². The van der Waals surface area contributed by atoms with E-state index in [0.717, 1.165) is 16.7 Å². The molecule has 0 heterocycles. The van der Waals surface area contributed by atoms with Crippen molar-refractivity contribution in [2.45, 2.75) is 20.1 Å². The fraction of sp³-hybridized carbons (Fsp3) is 0.240. The third-order valence-electron chi connectivity index (χ3n) is 4.64. The lowest BCUT2D eigenvalue weighted by Crippen LogP contribution is -2.06. The fourth-order valence-electron chi connectivity index (χ4n) is 3.10. The first kappa shape index (κ1) is 24.6. The Hall–Kier alpha value is -3.09. The summed E-state index contributed by atoms with van der Waals surface area (Å²) in [5, 5.41) is 5.38. The van der Waals surface area contributed by atoms with Crippen LogP contribution >= 0.6 is 23.2 Å². The smallest absolute Gasteiger partial charge is 0.180 e. The van der Waals surface area contributed by atoms with Crippen LogP contribution in [0.5, 0.6) is 23.0 Å². The molecule has 3 aromatic rings. The molecule has 33 heavy (non-hydrogen) atoms. The summed E-state index contributed by atoms with van der Waals surface area (Å²) in [6.45, 7) is 3.21. The van der Waals surface area contributed by atoms with Crippen molar-refractivity contribution < 1.29 is 18.9 Å². The minimum Gasteiger partial charge on any atom is -0.493 e. The van der Waals surface area contributed by atoms with Gasteiger partial charge in [-0.1, -0.05) is 41.4 Å². The van der Waals surface area contributed by atoms with E-state index in [0.29, 0.717) is 52.8 Å². The molecule has 0 unspecified atom stereocenters. The predicted molar refractivity (Wildman–Crippen MR) is 132 cm³/mol. The van der Waals surface area contributed by atoms with E-state index in [4.69, 9.17) is 42.1 Å². The van der Waals surface area contributed by atoms with Crippen LogP contribution in [0.15, 0.2) is 59.7 Å². The second-order valence-corrected chi connectivity index (χ2v) is 7.81. The highest BCUT2D eigenvalue weighted by Crippen LogP contribution is 2.37. The van der Waals surface area contributed by atoms with Gasteiger partial charge in [0.2, 0.25) is 0 Å². The minimum absolute atomic E-state index is 0.320. The number of hydrogen-bond donors (Lipinski definition) is 1. The van der Waals surface area contributed by atoms with Gasteiger partial charge in [-0.05, 0) is 60.0 Å². The van der Waals surface area contributed by atoms with Gasteiger partial charge in [-0.15, -0.1) is 0 Å². The minimum atomic E-state index is 0.320. The lowest BCUT2D eigenvalue weighted by Gasteiger charge is -2.14. The second kappa shape index (κ2) is 12.2. The molecule has 8 heteroatoms. The van der Waals surface area contributed by atoms with E-state index < -0.39 is 0 Å². The largest absolute Gasteiger partial charge is 0.493 e. The maximum Gasteiger partial charge on any atom is 0.180 e. The molecule has 0 aromatic heterocycles. The topological polar surface area (TPSA) is 61.3 Å². The number of nitrogens with zero attached hydrogens (tertiary/aromatic N) is 1. The van der Waals surface area contributed by atoms with Crippen molar-refractivity contribution in [2.75, 3.05) is 20.8 Å².